The van der Waals surface area contributed by atoms with Crippen LogP contribution in [0, 0.1) is 11.3 Å². The van der Waals surface area contributed by atoms with Crippen molar-refractivity contribution >= 4 is 5.69 Å². The molecule has 1 unspecified atom stereocenters. The lowest BCUT2D eigenvalue weighted by molar-refractivity contribution is -0.137. The van der Waals surface area contributed by atoms with Crippen molar-refractivity contribution in [1.82, 2.24) is 0 Å². The average molecular weight is 342 g/mol. The van der Waals surface area contributed by atoms with Crippen LogP contribution in [0.1, 0.15) is 43.7 Å². The Morgan fingerprint density at radius 2 is 2.00 bits per heavy atom. The number of hydrogen-bond acceptors (Lipinski definition) is 4. The number of nitriles is 1. The van der Waals surface area contributed by atoms with Gasteiger partial charge >= 0.3 is 6.18 Å². The third-order valence-corrected chi connectivity index (χ3v) is 4.06. The second-order valence-corrected chi connectivity index (χ2v) is 6.17. The standard InChI is InChI=1S/C17H21F3N2O2/c1-11(23)10-24-15-6-4-13(5-7-15)22-14-3-2-12(9-21)16(8-14)17(18,19)20/h2-3,8,11,13,15,22-23H,4-7,10H2,1H3. The molecular weight excluding hydrogens is 321 g/mol. The van der Waals surface area contributed by atoms with E-state index in [9.17, 15) is 18.3 Å². The van der Waals surface area contributed by atoms with Gasteiger partial charge in [-0.05, 0) is 50.8 Å². The molecule has 0 radical (unpaired) electrons. The van der Waals surface area contributed by atoms with E-state index in [0.29, 0.717) is 12.3 Å². The van der Waals surface area contributed by atoms with Crippen molar-refractivity contribution in [3.05, 3.63) is 29.3 Å². The Hall–Kier alpha value is -1.78. The highest BCUT2D eigenvalue weighted by Crippen LogP contribution is 2.34. The van der Waals surface area contributed by atoms with Crippen molar-refractivity contribution in [3.63, 3.8) is 0 Å². The van der Waals surface area contributed by atoms with Gasteiger partial charge < -0.3 is 15.2 Å². The molecule has 1 aliphatic carbocycles. The van der Waals surface area contributed by atoms with Crippen LogP contribution in [0.25, 0.3) is 0 Å². The van der Waals surface area contributed by atoms with Crippen molar-refractivity contribution in [2.24, 2.45) is 0 Å². The maximum Gasteiger partial charge on any atom is 0.417 e. The molecule has 0 saturated heterocycles. The van der Waals surface area contributed by atoms with Gasteiger partial charge in [0.25, 0.3) is 0 Å². The minimum Gasteiger partial charge on any atom is -0.391 e. The minimum atomic E-state index is -4.55. The fourth-order valence-electron chi connectivity index (χ4n) is 2.85. The molecule has 7 heteroatoms. The fraction of sp³-hybridized carbons (Fsp3) is 0.588. The number of nitrogens with one attached hydrogen (secondary N) is 1. The fourth-order valence-corrected chi connectivity index (χ4v) is 2.85. The van der Waals surface area contributed by atoms with Crippen molar-refractivity contribution in [3.8, 4) is 6.07 Å². The number of alkyl halides is 3. The summed E-state index contributed by atoms with van der Waals surface area (Å²) in [4.78, 5) is 0. The van der Waals surface area contributed by atoms with Crippen LogP contribution < -0.4 is 5.32 Å². The highest BCUT2D eigenvalue weighted by atomic mass is 19.4. The van der Waals surface area contributed by atoms with E-state index in [1.165, 1.54) is 12.1 Å². The predicted molar refractivity (Wildman–Crippen MR) is 83.5 cm³/mol. The number of aliphatic hydroxyl groups excluding tert-OH is 1. The van der Waals surface area contributed by atoms with Crippen LogP contribution in [0.2, 0.25) is 0 Å². The van der Waals surface area contributed by atoms with Crippen molar-refractivity contribution < 1.29 is 23.0 Å². The summed E-state index contributed by atoms with van der Waals surface area (Å²) in [5.74, 6) is 0. The number of benzene rings is 1. The summed E-state index contributed by atoms with van der Waals surface area (Å²) < 4.78 is 44.5. The average Bonchev–Trinajstić information content (AvgIpc) is 2.53. The first-order valence-corrected chi connectivity index (χ1v) is 7.97. The molecule has 2 N–H and O–H groups in total. The first-order chi connectivity index (χ1) is 11.3. The van der Waals surface area contributed by atoms with Gasteiger partial charge in [-0.2, -0.15) is 18.4 Å². The van der Waals surface area contributed by atoms with Gasteiger partial charge in [0.05, 0.1) is 36.0 Å². The zero-order valence-electron chi connectivity index (χ0n) is 13.4. The Morgan fingerprint density at radius 1 is 1.33 bits per heavy atom. The van der Waals surface area contributed by atoms with Crippen LogP contribution in [0.15, 0.2) is 18.2 Å². The van der Waals surface area contributed by atoms with Crippen LogP contribution in [0.4, 0.5) is 18.9 Å². The molecule has 1 aromatic rings. The Balaban J connectivity index is 1.95. The zero-order valence-corrected chi connectivity index (χ0v) is 13.4. The number of ether oxygens (including phenoxy) is 1. The molecule has 1 atom stereocenters. The van der Waals surface area contributed by atoms with Gasteiger partial charge in [0.2, 0.25) is 0 Å². The quantitative estimate of drug-likeness (QED) is 0.856. The van der Waals surface area contributed by atoms with Gasteiger partial charge in [0.15, 0.2) is 0 Å². The van der Waals surface area contributed by atoms with Gasteiger partial charge in [-0.3, -0.25) is 0 Å². The van der Waals surface area contributed by atoms with Gasteiger partial charge in [-0.25, -0.2) is 0 Å². The number of aliphatic hydroxyl groups is 1. The van der Waals surface area contributed by atoms with Crippen LogP contribution in [-0.4, -0.2) is 30.0 Å². The molecule has 24 heavy (non-hydrogen) atoms. The van der Waals surface area contributed by atoms with Gasteiger partial charge in [0, 0.05) is 11.7 Å². The Morgan fingerprint density at radius 3 is 2.54 bits per heavy atom. The van der Waals surface area contributed by atoms with Crippen LogP contribution in [0.3, 0.4) is 0 Å². The number of rotatable bonds is 5. The van der Waals surface area contributed by atoms with Gasteiger partial charge in [-0.15, -0.1) is 0 Å². The van der Waals surface area contributed by atoms with Crippen LogP contribution in [-0.2, 0) is 10.9 Å². The van der Waals surface area contributed by atoms with E-state index in [0.717, 1.165) is 31.7 Å². The smallest absolute Gasteiger partial charge is 0.391 e. The molecular formula is C17H21F3N2O2. The van der Waals surface area contributed by atoms with E-state index in [2.05, 4.69) is 5.32 Å². The molecule has 0 aromatic heterocycles. The molecule has 4 nitrogen and oxygen atoms in total. The second-order valence-electron chi connectivity index (χ2n) is 6.17. The molecule has 0 spiro atoms. The predicted octanol–water partition coefficient (Wildman–Crippen LogP) is 3.70. The number of nitrogens with zero attached hydrogens (tertiary/aromatic N) is 1. The van der Waals surface area contributed by atoms with Crippen LogP contribution >= 0.6 is 0 Å². The summed E-state index contributed by atoms with van der Waals surface area (Å²) in [6.07, 6.45) is -1.79. The first kappa shape index (κ1) is 18.6. The third-order valence-electron chi connectivity index (χ3n) is 4.06. The molecule has 0 aliphatic heterocycles. The zero-order chi connectivity index (χ0) is 17.7. The largest absolute Gasteiger partial charge is 0.417 e. The minimum absolute atomic E-state index is 0.0745. The molecule has 0 bridgehead atoms. The summed E-state index contributed by atoms with van der Waals surface area (Å²) >= 11 is 0. The summed E-state index contributed by atoms with van der Waals surface area (Å²) in [6, 6.07) is 5.35. The Kier molecular flexibility index (Phi) is 6.08. The van der Waals surface area contributed by atoms with E-state index in [-0.39, 0.29) is 17.7 Å². The molecule has 1 fully saturated rings. The van der Waals surface area contributed by atoms with E-state index >= 15 is 0 Å². The lowest BCUT2D eigenvalue weighted by atomic mass is 9.92. The molecule has 1 aliphatic rings. The molecule has 1 saturated carbocycles. The second kappa shape index (κ2) is 7.86. The maximum atomic E-state index is 13.0. The third kappa shape index (κ3) is 5.11. The first-order valence-electron chi connectivity index (χ1n) is 7.97. The van der Waals surface area contributed by atoms with E-state index in [4.69, 9.17) is 10.00 Å². The summed E-state index contributed by atoms with van der Waals surface area (Å²) in [6.45, 7) is 1.96. The van der Waals surface area contributed by atoms with Crippen molar-refractivity contribution in [1.29, 1.82) is 5.26 Å². The molecule has 1 aromatic carbocycles. The lowest BCUT2D eigenvalue weighted by Crippen LogP contribution is -2.31. The summed E-state index contributed by atoms with van der Waals surface area (Å²) in [5, 5.41) is 21.1. The lowest BCUT2D eigenvalue weighted by Gasteiger charge is -2.30. The Labute approximate surface area is 139 Å². The van der Waals surface area contributed by atoms with Crippen molar-refractivity contribution in [2.75, 3.05) is 11.9 Å². The monoisotopic (exact) mass is 342 g/mol. The number of halogens is 3. The molecule has 0 heterocycles. The maximum absolute atomic E-state index is 13.0. The summed E-state index contributed by atoms with van der Waals surface area (Å²) in [5.41, 5.74) is -0.915. The SMILES string of the molecule is CC(O)COC1CCC(Nc2ccc(C#N)c(C(F)(F)F)c2)CC1. The van der Waals surface area contributed by atoms with Crippen LogP contribution in [0.5, 0.6) is 0 Å². The number of anilines is 1. The summed E-state index contributed by atoms with van der Waals surface area (Å²) in [7, 11) is 0. The number of hydrogen-bond donors (Lipinski definition) is 2. The highest BCUT2D eigenvalue weighted by Gasteiger charge is 2.34. The molecule has 2 rings (SSSR count). The normalized spacial score (nSPS) is 22.7. The van der Waals surface area contributed by atoms with Gasteiger partial charge in [0.1, 0.15) is 0 Å². The molecule has 132 valence electrons. The van der Waals surface area contributed by atoms with Crippen molar-refractivity contribution in [2.45, 2.75) is 57.0 Å². The Bertz CT molecular complexity index is 588. The van der Waals surface area contributed by atoms with E-state index in [1.807, 2.05) is 0 Å². The van der Waals surface area contributed by atoms with E-state index < -0.39 is 17.8 Å². The molecule has 0 amide bonds. The highest BCUT2D eigenvalue weighted by molar-refractivity contribution is 5.53. The topological polar surface area (TPSA) is 65.3 Å². The van der Waals surface area contributed by atoms with E-state index in [1.54, 1.807) is 13.0 Å². The van der Waals surface area contributed by atoms with Gasteiger partial charge in [-0.1, -0.05) is 0 Å².